The van der Waals surface area contributed by atoms with Gasteiger partial charge in [0, 0.05) is 31.5 Å². The van der Waals surface area contributed by atoms with Crippen molar-refractivity contribution in [2.45, 2.75) is 13.3 Å². The van der Waals surface area contributed by atoms with Crippen LogP contribution in [0.5, 0.6) is 0 Å². The molecule has 1 aliphatic heterocycles. The summed E-state index contributed by atoms with van der Waals surface area (Å²) in [4.78, 5) is 14.2. The molecule has 2 rings (SSSR count). The molecule has 0 bridgehead atoms. The molecule has 0 fully saturated rings. The molecule has 4 nitrogen and oxygen atoms in total. The van der Waals surface area contributed by atoms with Crippen LogP contribution in [-0.2, 0) is 4.74 Å². The number of aryl methyl sites for hydroxylation is 1. The van der Waals surface area contributed by atoms with Crippen molar-refractivity contribution in [1.82, 2.24) is 4.90 Å². The molecule has 0 saturated heterocycles. The Balaban J connectivity index is 2.07. The summed E-state index contributed by atoms with van der Waals surface area (Å²) < 4.78 is 5.10. The van der Waals surface area contributed by atoms with E-state index in [1.807, 2.05) is 17.9 Å². The molecule has 2 N–H and O–H groups in total. The van der Waals surface area contributed by atoms with Crippen LogP contribution in [0.15, 0.2) is 29.8 Å². The third-order valence-corrected chi connectivity index (χ3v) is 3.44. The van der Waals surface area contributed by atoms with E-state index >= 15 is 0 Å². The Labute approximate surface area is 113 Å². The Hall–Kier alpha value is -1.81. The van der Waals surface area contributed by atoms with Crippen molar-refractivity contribution in [2.24, 2.45) is 0 Å². The van der Waals surface area contributed by atoms with E-state index in [0.717, 1.165) is 24.2 Å². The average Bonchev–Trinajstić information content (AvgIpc) is 2.42. The topological polar surface area (TPSA) is 55.6 Å². The van der Waals surface area contributed by atoms with Gasteiger partial charge in [-0.2, -0.15) is 0 Å². The molecule has 4 heteroatoms. The van der Waals surface area contributed by atoms with Crippen LogP contribution >= 0.6 is 0 Å². The Morgan fingerprint density at radius 3 is 2.84 bits per heavy atom. The number of hydrogen-bond acceptors (Lipinski definition) is 3. The normalized spacial score (nSPS) is 15.3. The molecular formula is C15H20N2O2. The zero-order valence-electron chi connectivity index (χ0n) is 11.5. The lowest BCUT2D eigenvalue weighted by atomic mass is 10.1. The first-order valence-corrected chi connectivity index (χ1v) is 6.44. The van der Waals surface area contributed by atoms with E-state index in [2.05, 4.69) is 6.08 Å². The van der Waals surface area contributed by atoms with Crippen LogP contribution in [0.1, 0.15) is 22.3 Å². The van der Waals surface area contributed by atoms with Crippen molar-refractivity contribution in [3.05, 3.63) is 41.0 Å². The smallest absolute Gasteiger partial charge is 0.254 e. The maximum Gasteiger partial charge on any atom is 0.254 e. The Morgan fingerprint density at radius 2 is 2.26 bits per heavy atom. The van der Waals surface area contributed by atoms with Crippen LogP contribution in [0.3, 0.4) is 0 Å². The van der Waals surface area contributed by atoms with E-state index in [-0.39, 0.29) is 5.91 Å². The highest BCUT2D eigenvalue weighted by molar-refractivity contribution is 5.95. The summed E-state index contributed by atoms with van der Waals surface area (Å²) in [5, 5.41) is 0. The highest BCUT2D eigenvalue weighted by atomic mass is 16.5. The predicted molar refractivity (Wildman–Crippen MR) is 76.1 cm³/mol. The molecule has 0 saturated carbocycles. The van der Waals surface area contributed by atoms with Gasteiger partial charge in [-0.25, -0.2) is 0 Å². The van der Waals surface area contributed by atoms with Gasteiger partial charge < -0.3 is 15.4 Å². The second-order valence-electron chi connectivity index (χ2n) is 4.87. The quantitative estimate of drug-likeness (QED) is 0.668. The van der Waals surface area contributed by atoms with Gasteiger partial charge in [0.25, 0.3) is 5.91 Å². The molecular weight excluding hydrogens is 240 g/mol. The lowest BCUT2D eigenvalue weighted by Crippen LogP contribution is -2.35. The van der Waals surface area contributed by atoms with Crippen LogP contribution in [-0.4, -0.2) is 37.6 Å². The number of amides is 1. The summed E-state index contributed by atoms with van der Waals surface area (Å²) in [6.07, 6.45) is 2.96. The maximum absolute atomic E-state index is 12.4. The first-order valence-electron chi connectivity index (χ1n) is 6.44. The van der Waals surface area contributed by atoms with E-state index in [0.29, 0.717) is 18.7 Å². The largest absolute Gasteiger partial charge is 0.399 e. The van der Waals surface area contributed by atoms with E-state index in [1.54, 1.807) is 19.2 Å². The van der Waals surface area contributed by atoms with Crippen molar-refractivity contribution >= 4 is 11.6 Å². The molecule has 1 amide bonds. The number of hydrogen-bond donors (Lipinski definition) is 1. The number of nitrogens with zero attached hydrogens (tertiary/aromatic N) is 1. The van der Waals surface area contributed by atoms with Gasteiger partial charge in [-0.3, -0.25) is 4.79 Å². The third-order valence-electron chi connectivity index (χ3n) is 3.44. The fourth-order valence-corrected chi connectivity index (χ4v) is 2.20. The third kappa shape index (κ3) is 3.15. The van der Waals surface area contributed by atoms with Gasteiger partial charge in [-0.05, 0) is 42.7 Å². The highest BCUT2D eigenvalue weighted by Gasteiger charge is 2.18. The van der Waals surface area contributed by atoms with E-state index in [1.165, 1.54) is 5.57 Å². The Bertz CT molecular complexity index is 509. The van der Waals surface area contributed by atoms with Crippen LogP contribution in [0.4, 0.5) is 5.69 Å². The summed E-state index contributed by atoms with van der Waals surface area (Å²) in [6.45, 7) is 3.97. The molecule has 1 aromatic rings. The SMILES string of the molecule is COCC1=CCN(C(=O)c2ccc(N)c(C)c2)CC1. The first kappa shape index (κ1) is 13.6. The zero-order valence-corrected chi connectivity index (χ0v) is 11.5. The molecule has 0 atom stereocenters. The summed E-state index contributed by atoms with van der Waals surface area (Å²) >= 11 is 0. The number of methoxy groups -OCH3 is 1. The Morgan fingerprint density at radius 1 is 1.47 bits per heavy atom. The van der Waals surface area contributed by atoms with Crippen molar-refractivity contribution < 1.29 is 9.53 Å². The van der Waals surface area contributed by atoms with Gasteiger partial charge in [0.15, 0.2) is 0 Å². The minimum Gasteiger partial charge on any atom is -0.399 e. The molecule has 0 aromatic heterocycles. The zero-order chi connectivity index (χ0) is 13.8. The van der Waals surface area contributed by atoms with Crippen LogP contribution in [0, 0.1) is 6.92 Å². The number of ether oxygens (including phenoxy) is 1. The van der Waals surface area contributed by atoms with Gasteiger partial charge >= 0.3 is 0 Å². The monoisotopic (exact) mass is 260 g/mol. The summed E-state index contributed by atoms with van der Waals surface area (Å²) in [6, 6.07) is 5.43. The fourth-order valence-electron chi connectivity index (χ4n) is 2.20. The molecule has 0 spiro atoms. The fraction of sp³-hybridized carbons (Fsp3) is 0.400. The summed E-state index contributed by atoms with van der Waals surface area (Å²) in [7, 11) is 1.69. The molecule has 1 heterocycles. The number of anilines is 1. The lowest BCUT2D eigenvalue weighted by Gasteiger charge is -2.26. The number of carbonyl (C=O) groups excluding carboxylic acids is 1. The van der Waals surface area contributed by atoms with E-state index in [4.69, 9.17) is 10.5 Å². The number of benzene rings is 1. The van der Waals surface area contributed by atoms with Gasteiger partial charge in [0.2, 0.25) is 0 Å². The average molecular weight is 260 g/mol. The molecule has 0 radical (unpaired) electrons. The summed E-state index contributed by atoms with van der Waals surface area (Å²) in [5.41, 5.74) is 9.40. The van der Waals surface area contributed by atoms with E-state index < -0.39 is 0 Å². The molecule has 1 aromatic carbocycles. The molecule has 19 heavy (non-hydrogen) atoms. The molecule has 1 aliphatic rings. The van der Waals surface area contributed by atoms with Crippen molar-refractivity contribution in [2.75, 3.05) is 32.5 Å². The van der Waals surface area contributed by atoms with Crippen molar-refractivity contribution in [1.29, 1.82) is 0 Å². The first-order chi connectivity index (χ1) is 9.11. The number of carbonyl (C=O) groups is 1. The highest BCUT2D eigenvalue weighted by Crippen LogP contribution is 2.17. The van der Waals surface area contributed by atoms with Gasteiger partial charge in [0.05, 0.1) is 6.61 Å². The molecule has 0 aliphatic carbocycles. The second kappa shape index (κ2) is 5.89. The Kier molecular flexibility index (Phi) is 4.22. The van der Waals surface area contributed by atoms with Crippen LogP contribution < -0.4 is 5.73 Å². The number of rotatable bonds is 3. The lowest BCUT2D eigenvalue weighted by molar-refractivity contribution is 0.0765. The van der Waals surface area contributed by atoms with Gasteiger partial charge in [-0.15, -0.1) is 0 Å². The maximum atomic E-state index is 12.4. The minimum atomic E-state index is 0.0656. The van der Waals surface area contributed by atoms with Gasteiger partial charge in [0.1, 0.15) is 0 Å². The molecule has 0 unspecified atom stereocenters. The van der Waals surface area contributed by atoms with Gasteiger partial charge in [-0.1, -0.05) is 6.08 Å². The standard InChI is InChI=1S/C15H20N2O2/c1-11-9-13(3-4-14(11)16)15(18)17-7-5-12(6-8-17)10-19-2/h3-5,9H,6-8,10,16H2,1-2H3. The predicted octanol–water partition coefficient (Wildman–Crippen LogP) is 2.00. The summed E-state index contributed by atoms with van der Waals surface area (Å²) in [5.74, 6) is 0.0656. The minimum absolute atomic E-state index is 0.0656. The molecule has 102 valence electrons. The number of nitrogen functional groups attached to an aromatic ring is 1. The van der Waals surface area contributed by atoms with Crippen LogP contribution in [0.25, 0.3) is 0 Å². The number of nitrogens with two attached hydrogens (primary N) is 1. The van der Waals surface area contributed by atoms with E-state index in [9.17, 15) is 4.79 Å². The second-order valence-corrected chi connectivity index (χ2v) is 4.87. The van der Waals surface area contributed by atoms with Crippen LogP contribution in [0.2, 0.25) is 0 Å². The van der Waals surface area contributed by atoms with Crippen molar-refractivity contribution in [3.63, 3.8) is 0 Å². The van der Waals surface area contributed by atoms with Crippen molar-refractivity contribution in [3.8, 4) is 0 Å².